The molecule has 0 radical (unpaired) electrons. The number of amides is 1. The summed E-state index contributed by atoms with van der Waals surface area (Å²) in [5.41, 5.74) is 8.56. The molecular weight excluding hydrogens is 272 g/mol. The summed E-state index contributed by atoms with van der Waals surface area (Å²) in [6.45, 7) is 4.17. The van der Waals surface area contributed by atoms with Crippen LogP contribution in [0.2, 0.25) is 0 Å². The first-order valence-electron chi connectivity index (χ1n) is 7.21. The predicted molar refractivity (Wildman–Crippen MR) is 84.9 cm³/mol. The highest BCUT2D eigenvalue weighted by atomic mass is 35.5. The molecule has 1 amide bonds. The number of nitrogens with one attached hydrogen (secondary N) is 1. The van der Waals surface area contributed by atoms with Crippen molar-refractivity contribution >= 4 is 18.3 Å². The molecule has 0 saturated heterocycles. The second-order valence-corrected chi connectivity index (χ2v) is 5.89. The average molecular weight is 297 g/mol. The maximum absolute atomic E-state index is 12.1. The van der Waals surface area contributed by atoms with Crippen LogP contribution in [-0.2, 0) is 11.2 Å². The smallest absolute Gasteiger partial charge is 0.237 e. The summed E-state index contributed by atoms with van der Waals surface area (Å²) in [5.74, 6) is 0.426. The molecule has 4 heteroatoms. The molecule has 1 aromatic carbocycles. The molecule has 0 heterocycles. The Kier molecular flexibility index (Phi) is 6.50. The fraction of sp³-hybridized carbons (Fsp3) is 0.562. The highest BCUT2D eigenvalue weighted by Crippen LogP contribution is 2.29. The lowest BCUT2D eigenvalue weighted by atomic mass is 9.87. The molecule has 0 saturated carbocycles. The van der Waals surface area contributed by atoms with Crippen molar-refractivity contribution in [2.75, 3.05) is 0 Å². The molecule has 3 nitrogen and oxygen atoms in total. The molecule has 0 fully saturated rings. The van der Waals surface area contributed by atoms with E-state index < -0.39 is 6.04 Å². The Morgan fingerprint density at radius 3 is 2.80 bits per heavy atom. The van der Waals surface area contributed by atoms with Gasteiger partial charge in [-0.2, -0.15) is 0 Å². The molecule has 2 atom stereocenters. The molecular formula is C16H25ClN2O. The van der Waals surface area contributed by atoms with Crippen molar-refractivity contribution < 1.29 is 4.79 Å². The SMILES string of the molecule is CC(C)C[C@H](N)C(=O)NC1CCCc2ccccc21.Cl. The molecule has 20 heavy (non-hydrogen) atoms. The fourth-order valence-corrected chi connectivity index (χ4v) is 2.80. The summed E-state index contributed by atoms with van der Waals surface area (Å²) in [7, 11) is 0. The number of carbonyl (C=O) groups is 1. The highest BCUT2D eigenvalue weighted by molar-refractivity contribution is 5.85. The number of hydrogen-bond acceptors (Lipinski definition) is 2. The van der Waals surface area contributed by atoms with Crippen molar-refractivity contribution in [1.29, 1.82) is 0 Å². The monoisotopic (exact) mass is 296 g/mol. The summed E-state index contributed by atoms with van der Waals surface area (Å²) >= 11 is 0. The second-order valence-electron chi connectivity index (χ2n) is 5.89. The van der Waals surface area contributed by atoms with Crippen molar-refractivity contribution in [3.63, 3.8) is 0 Å². The summed E-state index contributed by atoms with van der Waals surface area (Å²) in [5, 5.41) is 3.12. The normalized spacial score (nSPS) is 18.9. The van der Waals surface area contributed by atoms with E-state index in [4.69, 9.17) is 5.73 Å². The molecule has 0 spiro atoms. The number of fused-ring (bicyclic) bond motifs is 1. The van der Waals surface area contributed by atoms with E-state index in [1.165, 1.54) is 11.1 Å². The highest BCUT2D eigenvalue weighted by Gasteiger charge is 2.23. The topological polar surface area (TPSA) is 55.1 Å². The molecule has 2 rings (SSSR count). The van der Waals surface area contributed by atoms with Crippen LogP contribution in [0.3, 0.4) is 0 Å². The molecule has 112 valence electrons. The lowest BCUT2D eigenvalue weighted by molar-refractivity contribution is -0.123. The zero-order valence-corrected chi connectivity index (χ0v) is 13.1. The largest absolute Gasteiger partial charge is 0.348 e. The van der Waals surface area contributed by atoms with Gasteiger partial charge in [0.2, 0.25) is 5.91 Å². The second kappa shape index (κ2) is 7.65. The number of aryl methyl sites for hydroxylation is 1. The van der Waals surface area contributed by atoms with Crippen LogP contribution in [0.4, 0.5) is 0 Å². The van der Waals surface area contributed by atoms with E-state index in [9.17, 15) is 4.79 Å². The van der Waals surface area contributed by atoms with Crippen LogP contribution in [0.25, 0.3) is 0 Å². The summed E-state index contributed by atoms with van der Waals surface area (Å²) < 4.78 is 0. The Balaban J connectivity index is 0.00000200. The van der Waals surface area contributed by atoms with Gasteiger partial charge in [-0.1, -0.05) is 38.1 Å². The van der Waals surface area contributed by atoms with Crippen molar-refractivity contribution in [3.8, 4) is 0 Å². The Bertz CT molecular complexity index is 448. The van der Waals surface area contributed by atoms with E-state index in [1.807, 2.05) is 6.07 Å². The minimum atomic E-state index is -0.394. The standard InChI is InChI=1S/C16H24N2O.ClH/c1-11(2)10-14(17)16(19)18-15-9-5-7-12-6-3-4-8-13(12)15;/h3-4,6,8,11,14-15H,5,7,9-10,17H2,1-2H3,(H,18,19);1H/t14-,15?;/m0./s1. The lowest BCUT2D eigenvalue weighted by Gasteiger charge is -2.27. The third-order valence-corrected chi connectivity index (χ3v) is 3.75. The van der Waals surface area contributed by atoms with E-state index in [-0.39, 0.29) is 24.4 Å². The van der Waals surface area contributed by atoms with Gasteiger partial charge in [-0.05, 0) is 42.7 Å². The van der Waals surface area contributed by atoms with Gasteiger partial charge in [-0.15, -0.1) is 12.4 Å². The van der Waals surface area contributed by atoms with Crippen LogP contribution in [0.15, 0.2) is 24.3 Å². The number of rotatable bonds is 4. The Morgan fingerprint density at radius 1 is 1.40 bits per heavy atom. The van der Waals surface area contributed by atoms with Gasteiger partial charge < -0.3 is 11.1 Å². The number of benzene rings is 1. The molecule has 1 aromatic rings. The molecule has 1 aliphatic rings. The molecule has 0 aromatic heterocycles. The molecule has 0 aliphatic heterocycles. The Morgan fingerprint density at radius 2 is 2.10 bits per heavy atom. The van der Waals surface area contributed by atoms with Crippen LogP contribution >= 0.6 is 12.4 Å². The number of halogens is 1. The van der Waals surface area contributed by atoms with Crippen molar-refractivity contribution in [2.24, 2.45) is 11.7 Å². The Labute approximate surface area is 127 Å². The fourth-order valence-electron chi connectivity index (χ4n) is 2.80. The Hall–Kier alpha value is -1.06. The lowest BCUT2D eigenvalue weighted by Crippen LogP contribution is -2.43. The van der Waals surface area contributed by atoms with E-state index in [1.54, 1.807) is 0 Å². The summed E-state index contributed by atoms with van der Waals surface area (Å²) in [4.78, 5) is 12.1. The minimum Gasteiger partial charge on any atom is -0.348 e. The van der Waals surface area contributed by atoms with Crippen LogP contribution in [0.1, 0.15) is 50.3 Å². The van der Waals surface area contributed by atoms with Crippen LogP contribution in [0.5, 0.6) is 0 Å². The van der Waals surface area contributed by atoms with Crippen molar-refractivity contribution in [1.82, 2.24) is 5.32 Å². The third kappa shape index (κ3) is 4.22. The van der Waals surface area contributed by atoms with Crippen LogP contribution in [-0.4, -0.2) is 11.9 Å². The average Bonchev–Trinajstić information content (AvgIpc) is 2.38. The van der Waals surface area contributed by atoms with Gasteiger partial charge in [-0.3, -0.25) is 4.79 Å². The van der Waals surface area contributed by atoms with Gasteiger partial charge in [-0.25, -0.2) is 0 Å². The maximum Gasteiger partial charge on any atom is 0.237 e. The van der Waals surface area contributed by atoms with Gasteiger partial charge >= 0.3 is 0 Å². The van der Waals surface area contributed by atoms with E-state index >= 15 is 0 Å². The van der Waals surface area contributed by atoms with Gasteiger partial charge in [0.05, 0.1) is 12.1 Å². The van der Waals surface area contributed by atoms with E-state index in [0.29, 0.717) is 5.92 Å². The number of nitrogens with two attached hydrogens (primary N) is 1. The van der Waals surface area contributed by atoms with Gasteiger partial charge in [0.25, 0.3) is 0 Å². The number of carbonyl (C=O) groups excluding carboxylic acids is 1. The van der Waals surface area contributed by atoms with Crippen molar-refractivity contribution in [2.45, 2.75) is 51.6 Å². The van der Waals surface area contributed by atoms with Gasteiger partial charge in [0.15, 0.2) is 0 Å². The summed E-state index contributed by atoms with van der Waals surface area (Å²) in [6, 6.07) is 8.12. The summed E-state index contributed by atoms with van der Waals surface area (Å²) in [6.07, 6.45) is 3.99. The zero-order valence-electron chi connectivity index (χ0n) is 12.3. The van der Waals surface area contributed by atoms with Crippen molar-refractivity contribution in [3.05, 3.63) is 35.4 Å². The van der Waals surface area contributed by atoms with Crippen LogP contribution < -0.4 is 11.1 Å². The first kappa shape index (κ1) is 17.0. The maximum atomic E-state index is 12.1. The van der Waals surface area contributed by atoms with Gasteiger partial charge in [0.1, 0.15) is 0 Å². The molecule has 1 aliphatic carbocycles. The molecule has 1 unspecified atom stereocenters. The molecule has 0 bridgehead atoms. The quantitative estimate of drug-likeness (QED) is 0.897. The first-order valence-corrected chi connectivity index (χ1v) is 7.21. The first-order chi connectivity index (χ1) is 9.08. The zero-order chi connectivity index (χ0) is 13.8. The number of hydrogen-bond donors (Lipinski definition) is 2. The third-order valence-electron chi connectivity index (χ3n) is 3.75. The van der Waals surface area contributed by atoms with E-state index in [2.05, 4.69) is 37.4 Å². The van der Waals surface area contributed by atoms with Crippen LogP contribution in [0, 0.1) is 5.92 Å². The predicted octanol–water partition coefficient (Wildman–Crippen LogP) is 2.98. The van der Waals surface area contributed by atoms with Gasteiger partial charge in [0, 0.05) is 0 Å². The van der Waals surface area contributed by atoms with E-state index in [0.717, 1.165) is 25.7 Å². The molecule has 3 N–H and O–H groups in total. The minimum absolute atomic E-state index is 0.